The lowest BCUT2D eigenvalue weighted by atomic mass is 9.83. The summed E-state index contributed by atoms with van der Waals surface area (Å²) in [6.07, 6.45) is 3.09. The highest BCUT2D eigenvalue weighted by Gasteiger charge is 2.33. The van der Waals surface area contributed by atoms with Gasteiger partial charge in [-0.15, -0.1) is 0 Å². The number of esters is 2. The Morgan fingerprint density at radius 1 is 0.952 bits per heavy atom. The SMILES string of the molecule is COC(=O)C1=CNC=C(C(=O)OC)C1c1ccc(C)cc1. The van der Waals surface area contributed by atoms with Crippen molar-refractivity contribution < 1.29 is 19.1 Å². The maximum absolute atomic E-state index is 12.0. The fourth-order valence-electron chi connectivity index (χ4n) is 2.26. The standard InChI is InChI=1S/C16H17NO4/c1-10-4-6-11(7-5-10)14-12(15(18)20-2)8-17-9-13(14)16(19)21-3/h4-9,14,17H,1-3H3. The van der Waals surface area contributed by atoms with Crippen LogP contribution < -0.4 is 5.32 Å². The van der Waals surface area contributed by atoms with E-state index in [1.807, 2.05) is 31.2 Å². The molecule has 0 amide bonds. The molecule has 1 aromatic carbocycles. The number of dihydropyridines is 1. The molecule has 5 heteroatoms. The van der Waals surface area contributed by atoms with Crippen molar-refractivity contribution in [3.8, 4) is 0 Å². The molecule has 1 aliphatic heterocycles. The van der Waals surface area contributed by atoms with Gasteiger partial charge in [0.25, 0.3) is 0 Å². The quantitative estimate of drug-likeness (QED) is 0.859. The molecule has 0 aromatic heterocycles. The maximum Gasteiger partial charge on any atom is 0.336 e. The van der Waals surface area contributed by atoms with E-state index in [1.54, 1.807) is 12.4 Å². The molecule has 0 spiro atoms. The molecule has 0 unspecified atom stereocenters. The molecule has 2 rings (SSSR count). The van der Waals surface area contributed by atoms with Crippen molar-refractivity contribution >= 4 is 11.9 Å². The van der Waals surface area contributed by atoms with Crippen molar-refractivity contribution in [1.82, 2.24) is 5.32 Å². The average molecular weight is 287 g/mol. The molecule has 1 N–H and O–H groups in total. The van der Waals surface area contributed by atoms with Gasteiger partial charge in [0.1, 0.15) is 0 Å². The van der Waals surface area contributed by atoms with E-state index in [1.165, 1.54) is 14.2 Å². The van der Waals surface area contributed by atoms with Crippen LogP contribution in [0.1, 0.15) is 17.0 Å². The molecule has 0 atom stereocenters. The first-order valence-corrected chi connectivity index (χ1v) is 6.48. The van der Waals surface area contributed by atoms with Crippen LogP contribution in [-0.4, -0.2) is 26.2 Å². The number of methoxy groups -OCH3 is 2. The minimum atomic E-state index is -0.508. The molecule has 0 saturated carbocycles. The van der Waals surface area contributed by atoms with Crippen LogP contribution >= 0.6 is 0 Å². The van der Waals surface area contributed by atoms with E-state index < -0.39 is 17.9 Å². The number of benzene rings is 1. The number of carbonyl (C=O) groups is 2. The normalized spacial score (nSPS) is 14.6. The van der Waals surface area contributed by atoms with Gasteiger partial charge in [0.05, 0.1) is 31.3 Å². The van der Waals surface area contributed by atoms with Gasteiger partial charge in [0, 0.05) is 12.4 Å². The topological polar surface area (TPSA) is 64.6 Å². The highest BCUT2D eigenvalue weighted by molar-refractivity contribution is 5.98. The number of hydrogen-bond donors (Lipinski definition) is 1. The lowest BCUT2D eigenvalue weighted by Gasteiger charge is -2.24. The van der Waals surface area contributed by atoms with Crippen molar-refractivity contribution in [1.29, 1.82) is 0 Å². The molecule has 5 nitrogen and oxygen atoms in total. The highest BCUT2D eigenvalue weighted by Crippen LogP contribution is 2.34. The zero-order chi connectivity index (χ0) is 15.4. The van der Waals surface area contributed by atoms with Gasteiger partial charge in [0.2, 0.25) is 0 Å². The molecular weight excluding hydrogens is 270 g/mol. The maximum atomic E-state index is 12.0. The third kappa shape index (κ3) is 2.97. The lowest BCUT2D eigenvalue weighted by molar-refractivity contribution is -0.137. The second kappa shape index (κ2) is 6.26. The van der Waals surface area contributed by atoms with E-state index in [0.29, 0.717) is 11.1 Å². The van der Waals surface area contributed by atoms with E-state index in [4.69, 9.17) is 9.47 Å². The van der Waals surface area contributed by atoms with Crippen molar-refractivity contribution in [2.45, 2.75) is 12.8 Å². The molecule has 110 valence electrons. The summed E-state index contributed by atoms with van der Waals surface area (Å²) in [4.78, 5) is 23.9. The molecular formula is C16H17NO4. The summed E-state index contributed by atoms with van der Waals surface area (Å²) in [7, 11) is 2.62. The van der Waals surface area contributed by atoms with Gasteiger partial charge in [-0.2, -0.15) is 0 Å². The van der Waals surface area contributed by atoms with Crippen LogP contribution in [0.25, 0.3) is 0 Å². The van der Waals surface area contributed by atoms with Gasteiger partial charge < -0.3 is 14.8 Å². The molecule has 1 aromatic rings. The monoisotopic (exact) mass is 287 g/mol. The smallest absolute Gasteiger partial charge is 0.336 e. The Morgan fingerprint density at radius 2 is 1.43 bits per heavy atom. The largest absolute Gasteiger partial charge is 0.466 e. The van der Waals surface area contributed by atoms with Crippen LogP contribution in [0.4, 0.5) is 0 Å². The number of carbonyl (C=O) groups excluding carboxylic acids is 2. The Balaban J connectivity index is 2.49. The van der Waals surface area contributed by atoms with Crippen molar-refractivity contribution in [2.75, 3.05) is 14.2 Å². The van der Waals surface area contributed by atoms with E-state index in [2.05, 4.69) is 5.32 Å². The predicted molar refractivity (Wildman–Crippen MR) is 77.3 cm³/mol. The minimum Gasteiger partial charge on any atom is -0.466 e. The van der Waals surface area contributed by atoms with Crippen LogP contribution in [0.2, 0.25) is 0 Å². The minimum absolute atomic E-state index is 0.365. The lowest BCUT2D eigenvalue weighted by Crippen LogP contribution is -2.26. The predicted octanol–water partition coefficient (Wildman–Crippen LogP) is 1.80. The third-order valence-electron chi connectivity index (χ3n) is 3.35. The Labute approximate surface area is 123 Å². The summed E-state index contributed by atoms with van der Waals surface area (Å²) in [5, 5.41) is 2.80. The summed E-state index contributed by atoms with van der Waals surface area (Å²) >= 11 is 0. The van der Waals surface area contributed by atoms with Crippen molar-refractivity contribution in [3.63, 3.8) is 0 Å². The van der Waals surface area contributed by atoms with E-state index in [9.17, 15) is 9.59 Å². The molecule has 1 aliphatic rings. The van der Waals surface area contributed by atoms with Gasteiger partial charge in [0.15, 0.2) is 0 Å². The summed E-state index contributed by atoms with van der Waals surface area (Å²) in [5.41, 5.74) is 2.66. The molecule has 0 aliphatic carbocycles. The molecule has 0 saturated heterocycles. The van der Waals surface area contributed by atoms with E-state index in [-0.39, 0.29) is 0 Å². The first-order valence-electron chi connectivity index (χ1n) is 6.48. The zero-order valence-corrected chi connectivity index (χ0v) is 12.2. The van der Waals surface area contributed by atoms with E-state index in [0.717, 1.165) is 11.1 Å². The Kier molecular flexibility index (Phi) is 4.42. The molecule has 1 heterocycles. The number of hydrogen-bond acceptors (Lipinski definition) is 5. The van der Waals surface area contributed by atoms with Crippen LogP contribution in [-0.2, 0) is 19.1 Å². The first-order chi connectivity index (χ1) is 10.1. The Bertz CT molecular complexity index is 582. The van der Waals surface area contributed by atoms with Crippen LogP contribution in [0, 0.1) is 6.92 Å². The van der Waals surface area contributed by atoms with Gasteiger partial charge in [-0.05, 0) is 12.5 Å². The Morgan fingerprint density at radius 3 is 1.86 bits per heavy atom. The van der Waals surface area contributed by atoms with Crippen LogP contribution in [0.15, 0.2) is 47.8 Å². The highest BCUT2D eigenvalue weighted by atomic mass is 16.5. The first kappa shape index (κ1) is 14.8. The van der Waals surface area contributed by atoms with Gasteiger partial charge in [-0.3, -0.25) is 0 Å². The second-order valence-electron chi connectivity index (χ2n) is 4.69. The molecule has 0 bridgehead atoms. The van der Waals surface area contributed by atoms with Crippen molar-refractivity contribution in [3.05, 3.63) is 58.9 Å². The summed E-state index contributed by atoms with van der Waals surface area (Å²) < 4.78 is 9.60. The summed E-state index contributed by atoms with van der Waals surface area (Å²) in [6, 6.07) is 7.64. The van der Waals surface area contributed by atoms with E-state index >= 15 is 0 Å². The number of aryl methyl sites for hydroxylation is 1. The molecule has 0 fully saturated rings. The fourth-order valence-corrected chi connectivity index (χ4v) is 2.26. The summed E-state index contributed by atoms with van der Waals surface area (Å²) in [6.45, 7) is 1.97. The Hall–Kier alpha value is -2.56. The van der Waals surface area contributed by atoms with Crippen LogP contribution in [0.5, 0.6) is 0 Å². The number of ether oxygens (including phenoxy) is 2. The van der Waals surface area contributed by atoms with Gasteiger partial charge in [-0.1, -0.05) is 29.8 Å². The molecule has 0 radical (unpaired) electrons. The molecule has 21 heavy (non-hydrogen) atoms. The zero-order valence-electron chi connectivity index (χ0n) is 12.2. The van der Waals surface area contributed by atoms with Crippen molar-refractivity contribution in [2.24, 2.45) is 0 Å². The number of nitrogens with one attached hydrogen (secondary N) is 1. The van der Waals surface area contributed by atoms with Gasteiger partial charge >= 0.3 is 11.9 Å². The third-order valence-corrected chi connectivity index (χ3v) is 3.35. The fraction of sp³-hybridized carbons (Fsp3) is 0.250. The average Bonchev–Trinajstić information content (AvgIpc) is 2.53. The summed E-state index contributed by atoms with van der Waals surface area (Å²) in [5.74, 6) is -1.48. The van der Waals surface area contributed by atoms with Crippen LogP contribution in [0.3, 0.4) is 0 Å². The second-order valence-corrected chi connectivity index (χ2v) is 4.69. The number of rotatable bonds is 3. The van der Waals surface area contributed by atoms with Gasteiger partial charge in [-0.25, -0.2) is 9.59 Å².